The molecule has 3 aromatic heterocycles. The highest BCUT2D eigenvalue weighted by Gasteiger charge is 2.33. The Hall–Kier alpha value is -8.03. The monoisotopic (exact) mass is 784 g/mol. The summed E-state index contributed by atoms with van der Waals surface area (Å²) < 4.78 is 2.73. The molecule has 58 heavy (non-hydrogen) atoms. The van der Waals surface area contributed by atoms with E-state index in [2.05, 4.69) is 0 Å². The summed E-state index contributed by atoms with van der Waals surface area (Å²) in [5, 5.41) is 87.8. The van der Waals surface area contributed by atoms with Crippen LogP contribution in [0.1, 0.15) is 0 Å². The number of hydrogen-bond donors (Lipinski definition) is 8. The molecule has 3 heterocycles. The summed E-state index contributed by atoms with van der Waals surface area (Å²) >= 11 is 1.42. The second-order valence-electron chi connectivity index (χ2n) is 13.6. The molecule has 0 amide bonds. The van der Waals surface area contributed by atoms with Crippen LogP contribution < -0.4 is 0 Å². The molecule has 0 fully saturated rings. The molecule has 10 rings (SSSR count). The third-order valence-electron chi connectivity index (χ3n) is 10.3. The minimum absolute atomic E-state index is 0.277. The van der Waals surface area contributed by atoms with Gasteiger partial charge in [-0.3, -0.25) is 0 Å². The topological polar surface area (TPSA) is 205 Å². The van der Waals surface area contributed by atoms with Crippen LogP contribution in [0, 0.1) is 0 Å². The second-order valence-corrected chi connectivity index (χ2v) is 14.7. The van der Waals surface area contributed by atoms with Crippen molar-refractivity contribution >= 4 is 53.3 Å². The smallest absolute Gasteiger partial charge is 0.206 e. The molecule has 0 saturated carbocycles. The van der Waals surface area contributed by atoms with Crippen molar-refractivity contribution in [3.05, 3.63) is 121 Å². The summed E-state index contributed by atoms with van der Waals surface area (Å²) in [5.74, 6) is -6.72. The minimum atomic E-state index is -1.10. The number of aromatic nitrogens is 4. The normalized spacial score (nSPS) is 11.7. The molecule has 8 N–H and O–H groups in total. The van der Waals surface area contributed by atoms with Crippen molar-refractivity contribution < 1.29 is 40.9 Å². The number of thiophene rings is 1. The van der Waals surface area contributed by atoms with E-state index in [0.29, 0.717) is 33.8 Å². The number of phenols is 8. The highest BCUT2D eigenvalue weighted by atomic mass is 32.1. The minimum Gasteiger partial charge on any atom is -0.504 e. The molecule has 13 heteroatoms. The molecular weight excluding hydrogens is 757 g/mol. The molecule has 0 radical (unpaired) electrons. The number of benzene rings is 7. The van der Waals surface area contributed by atoms with E-state index in [-0.39, 0.29) is 16.7 Å². The van der Waals surface area contributed by atoms with Crippen molar-refractivity contribution in [3.8, 4) is 97.0 Å². The number of fused-ring (bicyclic) bond motifs is 6. The van der Waals surface area contributed by atoms with Gasteiger partial charge >= 0.3 is 0 Å². The van der Waals surface area contributed by atoms with Gasteiger partial charge in [0.15, 0.2) is 40.5 Å². The molecule has 0 saturated heterocycles. The van der Waals surface area contributed by atoms with Crippen molar-refractivity contribution in [2.45, 2.75) is 0 Å². The number of nitrogens with zero attached hydrogens (tertiary/aromatic N) is 4. The Labute approximate surface area is 331 Å². The van der Waals surface area contributed by atoms with Gasteiger partial charge in [-0.25, -0.2) is 15.0 Å². The molecule has 0 unspecified atom stereocenters. The summed E-state index contributed by atoms with van der Waals surface area (Å²) in [4.78, 5) is 15.0. The number of phenolic OH excluding ortho intramolecular Hbond substituents is 8. The zero-order chi connectivity index (χ0) is 40.0. The summed E-state index contributed by atoms with van der Waals surface area (Å²) in [6.45, 7) is 0. The van der Waals surface area contributed by atoms with Gasteiger partial charge in [0.05, 0.1) is 16.5 Å². The van der Waals surface area contributed by atoms with Gasteiger partial charge in [-0.1, -0.05) is 97.1 Å². The predicted octanol–water partition coefficient (Wildman–Crippen LogP) is 9.65. The quantitative estimate of drug-likeness (QED) is 0.0609. The van der Waals surface area contributed by atoms with E-state index >= 15 is 0 Å². The van der Waals surface area contributed by atoms with Crippen LogP contribution >= 0.6 is 11.3 Å². The maximum atomic E-state index is 11.3. The first-order chi connectivity index (χ1) is 28.1. The molecular formula is C45H28N4O8S. The molecule has 10 aromatic rings. The van der Waals surface area contributed by atoms with Gasteiger partial charge in [0.2, 0.25) is 23.0 Å². The average molecular weight is 785 g/mol. The van der Waals surface area contributed by atoms with E-state index in [0.717, 1.165) is 31.7 Å². The summed E-state index contributed by atoms with van der Waals surface area (Å²) in [5.41, 5.74) is 3.89. The van der Waals surface area contributed by atoms with Crippen LogP contribution in [-0.4, -0.2) is 60.4 Å². The predicted molar refractivity (Wildman–Crippen MR) is 222 cm³/mol. The Kier molecular flexibility index (Phi) is 7.58. The highest BCUT2D eigenvalue weighted by Crippen LogP contribution is 2.59. The van der Waals surface area contributed by atoms with Gasteiger partial charge in [-0.2, -0.15) is 0 Å². The first-order valence-corrected chi connectivity index (χ1v) is 18.7. The van der Waals surface area contributed by atoms with E-state index in [1.165, 1.54) is 15.9 Å². The van der Waals surface area contributed by atoms with Gasteiger partial charge in [0, 0.05) is 36.9 Å². The van der Waals surface area contributed by atoms with E-state index in [1.54, 1.807) is 12.1 Å². The fraction of sp³-hybridized carbons (Fsp3) is 0. The molecule has 0 aliphatic heterocycles. The van der Waals surface area contributed by atoms with Gasteiger partial charge in [0.25, 0.3) is 0 Å². The van der Waals surface area contributed by atoms with Crippen molar-refractivity contribution in [2.24, 2.45) is 0 Å². The Balaban J connectivity index is 1.26. The van der Waals surface area contributed by atoms with Crippen molar-refractivity contribution in [1.82, 2.24) is 19.5 Å². The molecule has 0 spiro atoms. The fourth-order valence-corrected chi connectivity index (χ4v) is 8.87. The fourth-order valence-electron chi connectivity index (χ4n) is 7.63. The maximum absolute atomic E-state index is 11.3. The van der Waals surface area contributed by atoms with E-state index in [9.17, 15) is 40.9 Å². The molecule has 0 aliphatic carbocycles. The Morgan fingerprint density at radius 2 is 0.897 bits per heavy atom. The van der Waals surface area contributed by atoms with E-state index in [4.69, 9.17) is 15.0 Å². The second kappa shape index (κ2) is 12.8. The molecule has 12 nitrogen and oxygen atoms in total. The third kappa shape index (κ3) is 4.97. The van der Waals surface area contributed by atoms with Crippen molar-refractivity contribution in [1.29, 1.82) is 0 Å². The standard InChI is InChI=1S/C45H28N4O8S/c50-34-30-31-33(37(53)41(57)39(55)35(31)51)49(32(30)36(52)40(56)38(34)54)27-18-9-19-28-29(27)25-16-8-17-26(42(25)58-28)45-47-43(22-12-5-2-6-13-22)46-44(48-45)24-15-7-14-23(20-24)21-10-3-1-4-11-21/h1-20,50-57H. The van der Waals surface area contributed by atoms with Crippen LogP contribution in [0.4, 0.5) is 0 Å². The number of hydrogen-bond acceptors (Lipinski definition) is 12. The summed E-state index contributed by atoms with van der Waals surface area (Å²) in [6, 6.07) is 38.4. The zero-order valence-corrected chi connectivity index (χ0v) is 30.6. The number of aromatic hydroxyl groups is 8. The molecule has 0 bridgehead atoms. The highest BCUT2D eigenvalue weighted by molar-refractivity contribution is 7.26. The SMILES string of the molecule is Oc1c(O)c(O)c2c(c1O)c1c(O)c(O)c(O)c(O)c1n2-c1cccc2sc3c(-c4nc(-c5ccccc5)nc(-c5cccc(-c6ccccc6)c5)n4)cccc3c12. The van der Waals surface area contributed by atoms with Crippen LogP contribution in [0.3, 0.4) is 0 Å². The maximum Gasteiger partial charge on any atom is 0.206 e. The first-order valence-electron chi connectivity index (χ1n) is 17.8. The van der Waals surface area contributed by atoms with Crippen molar-refractivity contribution in [3.63, 3.8) is 0 Å². The van der Waals surface area contributed by atoms with Crippen LogP contribution in [0.25, 0.3) is 93.0 Å². The average Bonchev–Trinajstić information content (AvgIpc) is 3.84. The Morgan fingerprint density at radius 3 is 1.53 bits per heavy atom. The Morgan fingerprint density at radius 1 is 0.397 bits per heavy atom. The number of rotatable bonds is 5. The van der Waals surface area contributed by atoms with Crippen LogP contribution in [0.2, 0.25) is 0 Å². The Bertz CT molecular complexity index is 3250. The third-order valence-corrected chi connectivity index (χ3v) is 11.5. The van der Waals surface area contributed by atoms with Gasteiger partial charge in [-0.05, 0) is 35.4 Å². The zero-order valence-electron chi connectivity index (χ0n) is 29.8. The van der Waals surface area contributed by atoms with Gasteiger partial charge < -0.3 is 45.4 Å². The van der Waals surface area contributed by atoms with Gasteiger partial charge in [-0.15, -0.1) is 11.3 Å². The lowest BCUT2D eigenvalue weighted by Crippen LogP contribution is -2.00. The van der Waals surface area contributed by atoms with Crippen molar-refractivity contribution in [2.75, 3.05) is 0 Å². The van der Waals surface area contributed by atoms with E-state index < -0.39 is 56.8 Å². The van der Waals surface area contributed by atoms with Crippen LogP contribution in [0.15, 0.2) is 121 Å². The summed E-state index contributed by atoms with van der Waals surface area (Å²) in [7, 11) is 0. The lowest BCUT2D eigenvalue weighted by Gasteiger charge is -2.14. The molecule has 0 aliphatic rings. The summed E-state index contributed by atoms with van der Waals surface area (Å²) in [6.07, 6.45) is 0. The first kappa shape index (κ1) is 34.5. The van der Waals surface area contributed by atoms with Crippen LogP contribution in [-0.2, 0) is 0 Å². The van der Waals surface area contributed by atoms with Gasteiger partial charge in [0.1, 0.15) is 11.0 Å². The largest absolute Gasteiger partial charge is 0.504 e. The lowest BCUT2D eigenvalue weighted by atomic mass is 10.0. The molecule has 282 valence electrons. The lowest BCUT2D eigenvalue weighted by molar-refractivity contribution is 0.350. The molecule has 0 atom stereocenters. The van der Waals surface area contributed by atoms with Crippen LogP contribution in [0.5, 0.6) is 46.0 Å². The van der Waals surface area contributed by atoms with E-state index in [1.807, 2.05) is 109 Å². The molecule has 7 aromatic carbocycles.